The normalized spacial score (nSPS) is 14.2. The summed E-state index contributed by atoms with van der Waals surface area (Å²) in [6.07, 6.45) is 3.96. The van der Waals surface area contributed by atoms with Crippen molar-refractivity contribution in [2.45, 2.75) is 32.2 Å². The highest BCUT2D eigenvalue weighted by molar-refractivity contribution is 5.77. The lowest BCUT2D eigenvalue weighted by molar-refractivity contribution is -0.107. The summed E-state index contributed by atoms with van der Waals surface area (Å²) in [5.41, 5.74) is 2.01. The molecular weight excluding hydrogens is 242 g/mol. The summed E-state index contributed by atoms with van der Waals surface area (Å²) in [4.78, 5) is 12.9. The van der Waals surface area contributed by atoms with Gasteiger partial charge in [-0.15, -0.1) is 0 Å². The number of methoxy groups -OCH3 is 1. The molecule has 1 aliphatic carbocycles. The molecule has 0 radical (unpaired) electrons. The maximum atomic E-state index is 11.2. The number of anilines is 1. The summed E-state index contributed by atoms with van der Waals surface area (Å²) in [6, 6.07) is 6.31. The zero-order valence-corrected chi connectivity index (χ0v) is 11.6. The van der Waals surface area contributed by atoms with Gasteiger partial charge in [-0.05, 0) is 31.4 Å². The van der Waals surface area contributed by atoms with Crippen LogP contribution >= 0.6 is 0 Å². The van der Waals surface area contributed by atoms with E-state index < -0.39 is 0 Å². The molecule has 4 heteroatoms. The molecule has 1 amide bonds. The largest absolute Gasteiger partial charge is 0.493 e. The lowest BCUT2D eigenvalue weighted by atomic mass is 10.2. The molecule has 2 rings (SSSR count). The molecule has 4 nitrogen and oxygen atoms in total. The van der Waals surface area contributed by atoms with Gasteiger partial charge in [-0.3, -0.25) is 4.79 Å². The number of nitrogens with zero attached hydrogens (tertiary/aromatic N) is 1. The molecule has 1 aliphatic rings. The highest BCUT2D eigenvalue weighted by Gasteiger charge is 2.29. The Balaban J connectivity index is 2.03. The van der Waals surface area contributed by atoms with Crippen LogP contribution in [0.1, 0.15) is 24.8 Å². The van der Waals surface area contributed by atoms with Gasteiger partial charge < -0.3 is 14.4 Å². The highest BCUT2D eigenvalue weighted by atomic mass is 16.5. The molecule has 1 aromatic rings. The second-order valence-corrected chi connectivity index (χ2v) is 4.89. The molecule has 1 fully saturated rings. The Labute approximate surface area is 114 Å². The third-order valence-corrected chi connectivity index (χ3v) is 3.27. The predicted molar refractivity (Wildman–Crippen MR) is 74.7 cm³/mol. The molecule has 0 bridgehead atoms. The number of amides is 1. The molecule has 19 heavy (non-hydrogen) atoms. The van der Waals surface area contributed by atoms with Crippen LogP contribution in [0.15, 0.2) is 18.2 Å². The maximum Gasteiger partial charge on any atom is 0.214 e. The van der Waals surface area contributed by atoms with Crippen LogP contribution in [-0.2, 0) is 9.53 Å². The SMILES string of the molecule is COCCCOc1cc(N(C=O)C2CC2)ccc1C. The molecular formula is C15H21NO3. The zero-order valence-electron chi connectivity index (χ0n) is 11.6. The van der Waals surface area contributed by atoms with Gasteiger partial charge in [0.05, 0.1) is 6.61 Å². The molecule has 0 heterocycles. The molecule has 1 saturated carbocycles. The molecule has 0 unspecified atom stereocenters. The molecule has 0 atom stereocenters. The van der Waals surface area contributed by atoms with E-state index in [1.54, 1.807) is 12.0 Å². The highest BCUT2D eigenvalue weighted by Crippen LogP contribution is 2.33. The van der Waals surface area contributed by atoms with Gasteiger partial charge in [-0.1, -0.05) is 6.07 Å². The Bertz CT molecular complexity index is 429. The van der Waals surface area contributed by atoms with Crippen LogP contribution in [0.3, 0.4) is 0 Å². The second-order valence-electron chi connectivity index (χ2n) is 4.89. The maximum absolute atomic E-state index is 11.2. The van der Waals surface area contributed by atoms with Gasteiger partial charge in [0.1, 0.15) is 5.75 Å². The number of carbonyl (C=O) groups excluding carboxylic acids is 1. The lowest BCUT2D eigenvalue weighted by Gasteiger charge is -2.18. The summed E-state index contributed by atoms with van der Waals surface area (Å²) in [5, 5.41) is 0. The van der Waals surface area contributed by atoms with Crippen molar-refractivity contribution in [1.29, 1.82) is 0 Å². The van der Waals surface area contributed by atoms with Crippen molar-refractivity contribution in [2.24, 2.45) is 0 Å². The Morgan fingerprint density at radius 3 is 2.79 bits per heavy atom. The fourth-order valence-corrected chi connectivity index (χ4v) is 2.00. The Morgan fingerprint density at radius 1 is 1.37 bits per heavy atom. The molecule has 104 valence electrons. The van der Waals surface area contributed by atoms with Gasteiger partial charge >= 0.3 is 0 Å². The summed E-state index contributed by atoms with van der Waals surface area (Å²) in [7, 11) is 1.68. The number of benzene rings is 1. The average Bonchev–Trinajstić information content (AvgIpc) is 3.23. The number of rotatable bonds is 8. The van der Waals surface area contributed by atoms with Crippen LogP contribution in [0.25, 0.3) is 0 Å². The smallest absolute Gasteiger partial charge is 0.214 e. The zero-order chi connectivity index (χ0) is 13.7. The molecule has 1 aromatic carbocycles. The van der Waals surface area contributed by atoms with Gasteiger partial charge in [-0.2, -0.15) is 0 Å². The van der Waals surface area contributed by atoms with Crippen LogP contribution < -0.4 is 9.64 Å². The van der Waals surface area contributed by atoms with E-state index in [-0.39, 0.29) is 0 Å². The van der Waals surface area contributed by atoms with Gasteiger partial charge in [0.2, 0.25) is 6.41 Å². The third kappa shape index (κ3) is 3.70. The average molecular weight is 263 g/mol. The van der Waals surface area contributed by atoms with Crippen LogP contribution in [0.4, 0.5) is 5.69 Å². The van der Waals surface area contributed by atoms with E-state index in [1.165, 1.54) is 0 Å². The number of hydrogen-bond acceptors (Lipinski definition) is 3. The molecule has 0 N–H and O–H groups in total. The Morgan fingerprint density at radius 2 is 2.16 bits per heavy atom. The summed E-state index contributed by atoms with van der Waals surface area (Å²) >= 11 is 0. The molecule has 0 aliphatic heterocycles. The minimum atomic E-state index is 0.376. The molecule has 0 spiro atoms. The first-order valence-electron chi connectivity index (χ1n) is 6.72. The van der Waals surface area contributed by atoms with Crippen molar-refractivity contribution >= 4 is 12.1 Å². The van der Waals surface area contributed by atoms with Gasteiger partial charge in [0.15, 0.2) is 0 Å². The first kappa shape index (κ1) is 13.9. The topological polar surface area (TPSA) is 38.8 Å². The van der Waals surface area contributed by atoms with Crippen molar-refractivity contribution in [3.63, 3.8) is 0 Å². The second kappa shape index (κ2) is 6.57. The van der Waals surface area contributed by atoms with E-state index in [2.05, 4.69) is 0 Å². The Hall–Kier alpha value is -1.55. The first-order chi connectivity index (χ1) is 9.26. The summed E-state index contributed by atoms with van der Waals surface area (Å²) in [5.74, 6) is 0.848. The quantitative estimate of drug-likeness (QED) is 0.534. The number of aryl methyl sites for hydroxylation is 1. The van der Waals surface area contributed by atoms with Crippen LogP contribution in [0.2, 0.25) is 0 Å². The van der Waals surface area contributed by atoms with E-state index in [1.807, 2.05) is 25.1 Å². The van der Waals surface area contributed by atoms with Crippen molar-refractivity contribution in [3.8, 4) is 5.75 Å². The van der Waals surface area contributed by atoms with Crippen molar-refractivity contribution in [3.05, 3.63) is 23.8 Å². The number of ether oxygens (including phenoxy) is 2. The predicted octanol–water partition coefficient (Wildman–Crippen LogP) is 2.54. The van der Waals surface area contributed by atoms with E-state index in [4.69, 9.17) is 9.47 Å². The van der Waals surface area contributed by atoms with E-state index in [9.17, 15) is 4.79 Å². The summed E-state index contributed by atoms with van der Waals surface area (Å²) < 4.78 is 10.7. The van der Waals surface area contributed by atoms with Gasteiger partial charge in [0, 0.05) is 37.9 Å². The van der Waals surface area contributed by atoms with Crippen LogP contribution in [0.5, 0.6) is 5.75 Å². The minimum absolute atomic E-state index is 0.376. The van der Waals surface area contributed by atoms with Crippen molar-refractivity contribution in [2.75, 3.05) is 25.2 Å². The Kier molecular flexibility index (Phi) is 4.80. The third-order valence-electron chi connectivity index (χ3n) is 3.27. The monoisotopic (exact) mass is 263 g/mol. The number of carbonyl (C=O) groups is 1. The van der Waals surface area contributed by atoms with E-state index in [0.29, 0.717) is 19.3 Å². The van der Waals surface area contributed by atoms with E-state index >= 15 is 0 Å². The fourth-order valence-electron chi connectivity index (χ4n) is 2.00. The standard InChI is InChI=1S/C15H21NO3/c1-12-4-5-14(16(11-17)13-6-7-13)10-15(12)19-9-3-8-18-2/h4-5,10-11,13H,3,6-9H2,1-2H3. The summed E-state index contributed by atoms with van der Waals surface area (Å²) in [6.45, 7) is 3.34. The van der Waals surface area contributed by atoms with Gasteiger partial charge in [0.25, 0.3) is 0 Å². The minimum Gasteiger partial charge on any atom is -0.493 e. The van der Waals surface area contributed by atoms with Crippen molar-refractivity contribution in [1.82, 2.24) is 0 Å². The number of hydrogen-bond donors (Lipinski definition) is 0. The van der Waals surface area contributed by atoms with Crippen molar-refractivity contribution < 1.29 is 14.3 Å². The lowest BCUT2D eigenvalue weighted by Crippen LogP contribution is -2.23. The van der Waals surface area contributed by atoms with E-state index in [0.717, 1.165) is 42.7 Å². The van der Waals surface area contributed by atoms with Crippen LogP contribution in [0, 0.1) is 6.92 Å². The fraction of sp³-hybridized carbons (Fsp3) is 0.533. The first-order valence-corrected chi connectivity index (χ1v) is 6.72. The van der Waals surface area contributed by atoms with Gasteiger partial charge in [-0.25, -0.2) is 0 Å². The van der Waals surface area contributed by atoms with Crippen LogP contribution in [-0.4, -0.2) is 32.8 Å². The molecule has 0 aromatic heterocycles. The molecule has 0 saturated heterocycles.